The van der Waals surface area contributed by atoms with Gasteiger partial charge in [-0.15, -0.1) is 0 Å². The van der Waals surface area contributed by atoms with Crippen LogP contribution in [0.1, 0.15) is 63.9 Å². The fourth-order valence-corrected chi connectivity index (χ4v) is 4.24. The van der Waals surface area contributed by atoms with Gasteiger partial charge in [-0.05, 0) is 37.8 Å². The number of hydrogen-bond donors (Lipinski definition) is 0. The standard InChI is InChI=1S/C22H26ClNO3/c1-3-4-7-13-27-22(26)19-14(2)24-17-11-8-12-18(25)21(17)20(19)15-9-5-6-10-16(15)23/h5-6,9-10,19-20H,3-4,7-8,11-13H2,1-2H3/t19?,20-/m1/s1. The van der Waals surface area contributed by atoms with Crippen molar-refractivity contribution in [2.24, 2.45) is 10.9 Å². The predicted octanol–water partition coefficient (Wildman–Crippen LogP) is 5.25. The predicted molar refractivity (Wildman–Crippen MR) is 107 cm³/mol. The van der Waals surface area contributed by atoms with Crippen LogP contribution in [-0.2, 0) is 14.3 Å². The highest BCUT2D eigenvalue weighted by Gasteiger charge is 2.43. The van der Waals surface area contributed by atoms with Crippen LogP contribution in [0.25, 0.3) is 0 Å². The van der Waals surface area contributed by atoms with Crippen LogP contribution in [0.4, 0.5) is 0 Å². The Morgan fingerprint density at radius 3 is 2.78 bits per heavy atom. The van der Waals surface area contributed by atoms with Crippen LogP contribution < -0.4 is 0 Å². The molecule has 0 saturated carbocycles. The summed E-state index contributed by atoms with van der Waals surface area (Å²) in [7, 11) is 0. The Morgan fingerprint density at radius 2 is 2.04 bits per heavy atom. The summed E-state index contributed by atoms with van der Waals surface area (Å²) in [5.41, 5.74) is 2.96. The molecule has 2 atom stereocenters. The van der Waals surface area contributed by atoms with Crippen molar-refractivity contribution in [3.8, 4) is 0 Å². The molecular weight excluding hydrogens is 362 g/mol. The largest absolute Gasteiger partial charge is 0.465 e. The van der Waals surface area contributed by atoms with E-state index in [9.17, 15) is 9.59 Å². The van der Waals surface area contributed by atoms with E-state index in [2.05, 4.69) is 11.9 Å². The third-order valence-electron chi connectivity index (χ3n) is 5.32. The quantitative estimate of drug-likeness (QED) is 0.494. The van der Waals surface area contributed by atoms with E-state index in [4.69, 9.17) is 16.3 Å². The number of carbonyl (C=O) groups excluding carboxylic acids is 2. The maximum Gasteiger partial charge on any atom is 0.315 e. The van der Waals surface area contributed by atoms with Gasteiger partial charge >= 0.3 is 5.97 Å². The molecule has 4 nitrogen and oxygen atoms in total. The molecule has 1 heterocycles. The van der Waals surface area contributed by atoms with Crippen LogP contribution in [-0.4, -0.2) is 24.1 Å². The second-order valence-corrected chi connectivity index (χ2v) is 7.65. The number of hydrogen-bond acceptors (Lipinski definition) is 4. The molecule has 1 aliphatic carbocycles. The molecule has 0 aromatic heterocycles. The molecule has 0 N–H and O–H groups in total. The average Bonchev–Trinajstić information content (AvgIpc) is 2.65. The summed E-state index contributed by atoms with van der Waals surface area (Å²) < 4.78 is 5.56. The Balaban J connectivity index is 1.99. The van der Waals surface area contributed by atoms with Crippen molar-refractivity contribution >= 4 is 29.1 Å². The Morgan fingerprint density at radius 1 is 1.26 bits per heavy atom. The lowest BCUT2D eigenvalue weighted by Gasteiger charge is -2.34. The van der Waals surface area contributed by atoms with E-state index < -0.39 is 11.8 Å². The van der Waals surface area contributed by atoms with Crippen molar-refractivity contribution in [2.45, 2.75) is 58.3 Å². The first-order chi connectivity index (χ1) is 13.0. The highest BCUT2D eigenvalue weighted by molar-refractivity contribution is 6.31. The molecule has 0 bridgehead atoms. The minimum absolute atomic E-state index is 0.0706. The minimum atomic E-state index is -0.604. The van der Waals surface area contributed by atoms with Crippen molar-refractivity contribution in [2.75, 3.05) is 6.61 Å². The zero-order chi connectivity index (χ0) is 19.4. The second-order valence-electron chi connectivity index (χ2n) is 7.24. The normalized spacial score (nSPS) is 22.3. The number of aliphatic imine (C=N–C) groups is 1. The first kappa shape index (κ1) is 19.8. The van der Waals surface area contributed by atoms with Crippen LogP contribution in [0.5, 0.6) is 0 Å². The zero-order valence-corrected chi connectivity index (χ0v) is 16.7. The summed E-state index contributed by atoms with van der Waals surface area (Å²) in [6.45, 7) is 4.35. The van der Waals surface area contributed by atoms with Gasteiger partial charge in [-0.2, -0.15) is 0 Å². The smallest absolute Gasteiger partial charge is 0.315 e. The molecule has 0 spiro atoms. The van der Waals surface area contributed by atoms with Gasteiger partial charge in [0.15, 0.2) is 5.78 Å². The van der Waals surface area contributed by atoms with Crippen molar-refractivity contribution in [3.05, 3.63) is 46.1 Å². The number of esters is 1. The second kappa shape index (κ2) is 8.83. The van der Waals surface area contributed by atoms with E-state index in [1.54, 1.807) is 6.07 Å². The van der Waals surface area contributed by atoms with Gasteiger partial charge in [-0.3, -0.25) is 14.6 Å². The fraction of sp³-hybridized carbons (Fsp3) is 0.500. The van der Waals surface area contributed by atoms with E-state index in [0.29, 0.717) is 29.3 Å². The summed E-state index contributed by atoms with van der Waals surface area (Å²) in [5, 5.41) is 0.561. The maximum absolute atomic E-state index is 13.0. The Hall–Kier alpha value is -1.94. The number of benzene rings is 1. The van der Waals surface area contributed by atoms with Gasteiger partial charge in [0.25, 0.3) is 0 Å². The number of Topliss-reactive ketones (excluding diaryl/α,β-unsaturated/α-hetero) is 1. The summed E-state index contributed by atoms with van der Waals surface area (Å²) >= 11 is 6.47. The molecule has 2 aliphatic rings. The topological polar surface area (TPSA) is 55.7 Å². The lowest BCUT2D eigenvalue weighted by Crippen LogP contribution is -2.37. The molecule has 144 valence electrons. The van der Waals surface area contributed by atoms with Crippen LogP contribution >= 0.6 is 11.6 Å². The number of carbonyl (C=O) groups is 2. The molecule has 1 aromatic carbocycles. The maximum atomic E-state index is 13.0. The molecule has 0 radical (unpaired) electrons. The van der Waals surface area contributed by atoms with Gasteiger partial charge in [0.05, 0.1) is 6.61 Å². The first-order valence-corrected chi connectivity index (χ1v) is 10.1. The van der Waals surface area contributed by atoms with E-state index in [1.807, 2.05) is 25.1 Å². The number of ketones is 1. The number of halogens is 1. The lowest BCUT2D eigenvalue weighted by atomic mass is 9.72. The van der Waals surface area contributed by atoms with E-state index in [0.717, 1.165) is 43.4 Å². The molecular formula is C22H26ClNO3. The summed E-state index contributed by atoms with van der Waals surface area (Å²) in [4.78, 5) is 30.4. The third-order valence-corrected chi connectivity index (χ3v) is 5.67. The van der Waals surface area contributed by atoms with Crippen molar-refractivity contribution in [3.63, 3.8) is 0 Å². The van der Waals surface area contributed by atoms with E-state index >= 15 is 0 Å². The molecule has 0 amide bonds. The minimum Gasteiger partial charge on any atom is -0.465 e. The van der Waals surface area contributed by atoms with Gasteiger partial charge < -0.3 is 4.74 Å². The number of nitrogens with zero attached hydrogens (tertiary/aromatic N) is 1. The van der Waals surface area contributed by atoms with Gasteiger partial charge in [-0.25, -0.2) is 0 Å². The fourth-order valence-electron chi connectivity index (χ4n) is 3.99. The SMILES string of the molecule is CCCCCOC(=O)C1C(C)=NC2=C(C(=O)CCC2)[C@@H]1c1ccccc1Cl. The number of rotatable bonds is 6. The molecule has 0 saturated heterocycles. The van der Waals surface area contributed by atoms with E-state index in [1.165, 1.54) is 0 Å². The number of unbranched alkanes of at least 4 members (excludes halogenated alkanes) is 2. The summed E-state index contributed by atoms with van der Waals surface area (Å²) in [6, 6.07) is 7.44. The van der Waals surface area contributed by atoms with Gasteiger partial charge in [0, 0.05) is 34.3 Å². The average molecular weight is 388 g/mol. The highest BCUT2D eigenvalue weighted by Crippen LogP contribution is 2.45. The van der Waals surface area contributed by atoms with Crippen LogP contribution in [0.3, 0.4) is 0 Å². The Bertz CT molecular complexity index is 797. The molecule has 27 heavy (non-hydrogen) atoms. The first-order valence-electron chi connectivity index (χ1n) is 9.77. The molecule has 1 aliphatic heterocycles. The van der Waals surface area contributed by atoms with Crippen molar-refractivity contribution in [1.29, 1.82) is 0 Å². The van der Waals surface area contributed by atoms with E-state index in [-0.39, 0.29) is 11.8 Å². The van der Waals surface area contributed by atoms with Crippen molar-refractivity contribution < 1.29 is 14.3 Å². The lowest BCUT2D eigenvalue weighted by molar-refractivity contribution is -0.146. The number of ether oxygens (including phenoxy) is 1. The van der Waals surface area contributed by atoms with Gasteiger partial charge in [0.2, 0.25) is 0 Å². The van der Waals surface area contributed by atoms with Crippen molar-refractivity contribution in [1.82, 2.24) is 0 Å². The molecule has 3 rings (SSSR count). The van der Waals surface area contributed by atoms with Crippen LogP contribution in [0.15, 0.2) is 40.5 Å². The molecule has 1 aromatic rings. The highest BCUT2D eigenvalue weighted by atomic mass is 35.5. The summed E-state index contributed by atoms with van der Waals surface area (Å²) in [6.07, 6.45) is 4.98. The molecule has 0 fully saturated rings. The van der Waals surface area contributed by atoms with Crippen LogP contribution in [0, 0.1) is 5.92 Å². The Kier molecular flexibility index (Phi) is 6.48. The third kappa shape index (κ3) is 4.16. The zero-order valence-electron chi connectivity index (χ0n) is 16.0. The molecule has 5 heteroatoms. The van der Waals surface area contributed by atoms with Crippen LogP contribution in [0.2, 0.25) is 5.02 Å². The van der Waals surface area contributed by atoms with Gasteiger partial charge in [-0.1, -0.05) is 49.6 Å². The Labute approximate surface area is 165 Å². The van der Waals surface area contributed by atoms with Gasteiger partial charge in [0.1, 0.15) is 5.92 Å². The monoisotopic (exact) mass is 387 g/mol. The summed E-state index contributed by atoms with van der Waals surface area (Å²) in [5.74, 6) is -1.27. The molecule has 1 unspecified atom stereocenters. The number of allylic oxidation sites excluding steroid dienone is 2.